The molecule has 0 radical (unpaired) electrons. The minimum Gasteiger partial charge on any atom is -0.507 e. The summed E-state index contributed by atoms with van der Waals surface area (Å²) in [6.07, 6.45) is 5.63. The van der Waals surface area contributed by atoms with E-state index in [0.717, 1.165) is 50.4 Å². The largest absolute Gasteiger partial charge is 0.507 e. The number of amides is 2. The van der Waals surface area contributed by atoms with Crippen molar-refractivity contribution in [3.05, 3.63) is 47.5 Å². The number of rotatable bonds is 12. The van der Waals surface area contributed by atoms with Gasteiger partial charge >= 0.3 is 0 Å². The van der Waals surface area contributed by atoms with Gasteiger partial charge < -0.3 is 20.0 Å². The number of hydrazone groups is 2. The summed E-state index contributed by atoms with van der Waals surface area (Å²) in [7, 11) is 0. The molecule has 1 aliphatic carbocycles. The van der Waals surface area contributed by atoms with Gasteiger partial charge in [0.15, 0.2) is 0 Å². The van der Waals surface area contributed by atoms with Gasteiger partial charge in [0.2, 0.25) is 11.8 Å². The van der Waals surface area contributed by atoms with Crippen LogP contribution >= 0.6 is 0 Å². The van der Waals surface area contributed by atoms with Crippen molar-refractivity contribution in [2.45, 2.75) is 53.4 Å². The second-order valence-corrected chi connectivity index (χ2v) is 9.80. The minimum atomic E-state index is -0.540. The van der Waals surface area contributed by atoms with Crippen LogP contribution in [0.15, 0.2) is 46.6 Å². The average molecular weight is 551 g/mol. The summed E-state index contributed by atoms with van der Waals surface area (Å²) in [6, 6.07) is 10.7. The van der Waals surface area contributed by atoms with E-state index < -0.39 is 11.8 Å². The molecule has 40 heavy (non-hydrogen) atoms. The van der Waals surface area contributed by atoms with Crippen molar-refractivity contribution in [1.29, 1.82) is 0 Å². The predicted octanol–water partition coefficient (Wildman–Crippen LogP) is 4.20. The first-order valence-corrected chi connectivity index (χ1v) is 14.1. The second-order valence-electron chi connectivity index (χ2n) is 9.80. The molecule has 0 heterocycles. The van der Waals surface area contributed by atoms with Gasteiger partial charge in [-0.25, -0.2) is 10.9 Å². The number of nitrogens with one attached hydrogen (secondary N) is 2. The molecule has 216 valence electrons. The third-order valence-corrected chi connectivity index (χ3v) is 7.48. The number of carbonyl (C=O) groups excluding carboxylic acids is 2. The molecule has 0 aromatic heterocycles. The molecular formula is C30H42N6O4. The van der Waals surface area contributed by atoms with Crippen LogP contribution in [0.1, 0.15) is 64.5 Å². The van der Waals surface area contributed by atoms with Crippen LogP contribution in [0.25, 0.3) is 0 Å². The molecule has 1 fully saturated rings. The summed E-state index contributed by atoms with van der Waals surface area (Å²) < 4.78 is 0. The van der Waals surface area contributed by atoms with E-state index in [4.69, 9.17) is 0 Å². The number of phenols is 2. The van der Waals surface area contributed by atoms with Gasteiger partial charge in [-0.05, 0) is 64.8 Å². The summed E-state index contributed by atoms with van der Waals surface area (Å²) in [5.74, 6) is -1.62. The molecular weight excluding hydrogens is 508 g/mol. The zero-order valence-corrected chi connectivity index (χ0v) is 23.9. The SMILES string of the molecule is CCN(CC)c1ccc(/C=N/NC(=O)[C@@H]2CCCC[C@H]2C(=O)N/N=C/c2ccc(N(CC)CC)cc2O)c(O)c1. The monoisotopic (exact) mass is 550 g/mol. The number of hydrogen-bond acceptors (Lipinski definition) is 8. The summed E-state index contributed by atoms with van der Waals surface area (Å²) in [5.41, 5.74) is 7.87. The maximum Gasteiger partial charge on any atom is 0.243 e. The molecule has 0 bridgehead atoms. The number of anilines is 2. The molecule has 10 heteroatoms. The Morgan fingerprint density at radius 2 is 1.12 bits per heavy atom. The molecule has 2 aromatic rings. The Morgan fingerprint density at radius 3 is 1.45 bits per heavy atom. The Kier molecular flexibility index (Phi) is 11.4. The summed E-state index contributed by atoms with van der Waals surface area (Å²) in [6.45, 7) is 11.5. The lowest BCUT2D eigenvalue weighted by molar-refractivity contribution is -0.136. The Balaban J connectivity index is 1.59. The number of phenolic OH excluding ortho intramolecular Hbond substituents is 2. The second kappa shape index (κ2) is 14.9. The van der Waals surface area contributed by atoms with Gasteiger partial charge in [-0.1, -0.05) is 12.8 Å². The molecule has 2 aromatic carbocycles. The zero-order chi connectivity index (χ0) is 29.1. The third kappa shape index (κ3) is 7.74. The van der Waals surface area contributed by atoms with E-state index in [0.29, 0.717) is 24.0 Å². The summed E-state index contributed by atoms with van der Waals surface area (Å²) in [4.78, 5) is 30.1. The van der Waals surface area contributed by atoms with E-state index in [-0.39, 0.29) is 23.3 Å². The third-order valence-electron chi connectivity index (χ3n) is 7.48. The van der Waals surface area contributed by atoms with Crippen LogP contribution < -0.4 is 20.7 Å². The Morgan fingerprint density at radius 1 is 0.750 bits per heavy atom. The van der Waals surface area contributed by atoms with E-state index in [1.165, 1.54) is 12.4 Å². The van der Waals surface area contributed by atoms with Gasteiger partial charge in [0, 0.05) is 60.8 Å². The number of benzene rings is 2. The molecule has 4 N–H and O–H groups in total. The van der Waals surface area contributed by atoms with E-state index in [2.05, 4.69) is 30.9 Å². The molecule has 10 nitrogen and oxygen atoms in total. The maximum absolute atomic E-state index is 12.9. The Labute approximate surface area is 236 Å². The molecule has 0 spiro atoms. The predicted molar refractivity (Wildman–Crippen MR) is 160 cm³/mol. The molecule has 1 saturated carbocycles. The normalized spacial score (nSPS) is 17.2. The lowest BCUT2D eigenvalue weighted by Crippen LogP contribution is -2.41. The summed E-state index contributed by atoms with van der Waals surface area (Å²) >= 11 is 0. The molecule has 2 amide bonds. The van der Waals surface area contributed by atoms with Crippen LogP contribution in [-0.4, -0.2) is 60.6 Å². The Hall–Kier alpha value is -4.08. The fourth-order valence-electron chi connectivity index (χ4n) is 5.11. The minimum absolute atomic E-state index is 0.0731. The van der Waals surface area contributed by atoms with Crippen molar-refractivity contribution in [3.8, 4) is 11.5 Å². The van der Waals surface area contributed by atoms with E-state index >= 15 is 0 Å². The van der Waals surface area contributed by atoms with Gasteiger partial charge in [0.05, 0.1) is 24.3 Å². The van der Waals surface area contributed by atoms with Gasteiger partial charge in [0.1, 0.15) is 11.5 Å². The molecule has 3 rings (SSSR count). The fraction of sp³-hybridized carbons (Fsp3) is 0.467. The number of aromatic hydroxyl groups is 2. The van der Waals surface area contributed by atoms with Crippen molar-refractivity contribution in [1.82, 2.24) is 10.9 Å². The standard InChI is InChI=1S/C30H42N6O4/c1-5-35(6-2)23-15-13-21(27(37)17-23)19-31-33-29(39)25-11-9-10-12-26(25)30(40)34-32-20-22-14-16-24(18-28(22)38)36(7-3)8-4/h13-20,25-26,37-38H,5-12H2,1-4H3,(H,33,39)(H,34,40)/b31-19+,32-20+/t25-,26-/m1/s1. The van der Waals surface area contributed by atoms with Crippen molar-refractivity contribution < 1.29 is 19.8 Å². The van der Waals surface area contributed by atoms with E-state index in [1.807, 2.05) is 39.8 Å². The molecule has 1 aliphatic rings. The van der Waals surface area contributed by atoms with Crippen molar-refractivity contribution in [3.63, 3.8) is 0 Å². The first-order chi connectivity index (χ1) is 19.3. The van der Waals surface area contributed by atoms with Crippen LogP contribution in [0.5, 0.6) is 11.5 Å². The molecule has 0 saturated heterocycles. The fourth-order valence-corrected chi connectivity index (χ4v) is 5.11. The number of hydrogen-bond donors (Lipinski definition) is 4. The number of carbonyl (C=O) groups is 2. The Bertz CT molecular complexity index is 1110. The van der Waals surface area contributed by atoms with Gasteiger partial charge in [-0.15, -0.1) is 0 Å². The zero-order valence-electron chi connectivity index (χ0n) is 23.9. The highest BCUT2D eigenvalue weighted by atomic mass is 16.3. The van der Waals surface area contributed by atoms with Crippen LogP contribution in [0, 0.1) is 11.8 Å². The maximum atomic E-state index is 12.9. The summed E-state index contributed by atoms with van der Waals surface area (Å²) in [5, 5.41) is 28.9. The average Bonchev–Trinajstić information content (AvgIpc) is 2.96. The highest BCUT2D eigenvalue weighted by molar-refractivity contribution is 5.90. The van der Waals surface area contributed by atoms with Gasteiger partial charge in [-0.2, -0.15) is 10.2 Å². The van der Waals surface area contributed by atoms with Crippen LogP contribution in [0.4, 0.5) is 11.4 Å². The van der Waals surface area contributed by atoms with E-state index in [1.54, 1.807) is 24.3 Å². The highest BCUT2D eigenvalue weighted by Crippen LogP contribution is 2.31. The smallest absolute Gasteiger partial charge is 0.243 e. The van der Waals surface area contributed by atoms with Crippen molar-refractivity contribution in [2.75, 3.05) is 36.0 Å². The first kappa shape index (κ1) is 30.5. The molecule has 0 unspecified atom stereocenters. The van der Waals surface area contributed by atoms with E-state index in [9.17, 15) is 19.8 Å². The molecule has 0 aliphatic heterocycles. The van der Waals surface area contributed by atoms with Gasteiger partial charge in [0.25, 0.3) is 0 Å². The van der Waals surface area contributed by atoms with Crippen molar-refractivity contribution in [2.24, 2.45) is 22.0 Å². The van der Waals surface area contributed by atoms with Crippen LogP contribution in [0.2, 0.25) is 0 Å². The molecule has 2 atom stereocenters. The van der Waals surface area contributed by atoms with Crippen LogP contribution in [0.3, 0.4) is 0 Å². The highest BCUT2D eigenvalue weighted by Gasteiger charge is 2.35. The quantitative estimate of drug-likeness (QED) is 0.232. The number of nitrogens with zero attached hydrogens (tertiary/aromatic N) is 4. The van der Waals surface area contributed by atoms with Crippen molar-refractivity contribution >= 4 is 35.6 Å². The van der Waals surface area contributed by atoms with Gasteiger partial charge in [-0.3, -0.25) is 9.59 Å². The van der Waals surface area contributed by atoms with Crippen LogP contribution in [-0.2, 0) is 9.59 Å². The topological polar surface area (TPSA) is 130 Å². The lowest BCUT2D eigenvalue weighted by Gasteiger charge is -2.28. The first-order valence-electron chi connectivity index (χ1n) is 14.1. The lowest BCUT2D eigenvalue weighted by atomic mass is 9.78.